The minimum atomic E-state index is -1.56. The summed E-state index contributed by atoms with van der Waals surface area (Å²) >= 11 is 1.84. The van der Waals surface area contributed by atoms with Crippen LogP contribution >= 0.6 is 11.8 Å². The Labute approximate surface area is 77.4 Å². The summed E-state index contributed by atoms with van der Waals surface area (Å²) in [5.74, 6) is 2.14. The van der Waals surface area contributed by atoms with Gasteiger partial charge in [-0.3, -0.25) is 0 Å². The first-order valence-electron chi connectivity index (χ1n) is 4.15. The summed E-state index contributed by atoms with van der Waals surface area (Å²) in [7, 11) is 0. The lowest BCUT2D eigenvalue weighted by Crippen LogP contribution is -1.82. The third-order valence-corrected chi connectivity index (χ3v) is 2.48. The molecule has 3 heteroatoms. The van der Waals surface area contributed by atoms with Crippen LogP contribution in [0.5, 0.6) is 0 Å². The van der Waals surface area contributed by atoms with Gasteiger partial charge in [-0.25, -0.2) is 0 Å². The van der Waals surface area contributed by atoms with Crippen LogP contribution in [0, 0.1) is 6.92 Å². The van der Waals surface area contributed by atoms with Gasteiger partial charge in [0.25, 0.3) is 6.08 Å². The standard InChI is InChI=1S/C9H15F2S/c1-2-7-12-8-5-3-4-6-9(10)11/h6H,1-5,7-8H2. The molecule has 0 saturated heterocycles. The number of thioether (sulfide) groups is 1. The Bertz CT molecular complexity index is 120. The summed E-state index contributed by atoms with van der Waals surface area (Å²) in [6, 6.07) is 0. The van der Waals surface area contributed by atoms with Crippen LogP contribution in [0.25, 0.3) is 0 Å². The minimum absolute atomic E-state index is 0.507. The molecule has 0 aromatic carbocycles. The highest BCUT2D eigenvalue weighted by Gasteiger charge is 1.90. The molecule has 0 amide bonds. The molecule has 0 fully saturated rings. The molecule has 0 aliphatic heterocycles. The van der Waals surface area contributed by atoms with E-state index in [2.05, 4.69) is 6.92 Å². The maximum absolute atomic E-state index is 11.5. The maximum atomic E-state index is 11.5. The minimum Gasteiger partial charge on any atom is -0.174 e. The average Bonchev–Trinajstić information content (AvgIpc) is 2.02. The number of rotatable bonds is 7. The van der Waals surface area contributed by atoms with Crippen LogP contribution in [0.3, 0.4) is 0 Å². The highest BCUT2D eigenvalue weighted by molar-refractivity contribution is 7.99. The molecule has 0 bridgehead atoms. The summed E-state index contributed by atoms with van der Waals surface area (Å²) in [5, 5.41) is 0. The SMILES string of the molecule is [CH2]CCSCCCCC=C(F)F. The molecule has 0 nitrogen and oxygen atoms in total. The lowest BCUT2D eigenvalue weighted by molar-refractivity contribution is 0.417. The summed E-state index contributed by atoms with van der Waals surface area (Å²) in [4.78, 5) is 0. The summed E-state index contributed by atoms with van der Waals surface area (Å²) < 4.78 is 23.0. The molecule has 1 radical (unpaired) electrons. The topological polar surface area (TPSA) is 0 Å². The third-order valence-electron chi connectivity index (χ3n) is 1.33. The first kappa shape index (κ1) is 11.9. The van der Waals surface area contributed by atoms with Gasteiger partial charge >= 0.3 is 0 Å². The van der Waals surface area contributed by atoms with Crippen LogP contribution in [-0.4, -0.2) is 11.5 Å². The molecule has 0 aliphatic carbocycles. The zero-order chi connectivity index (χ0) is 9.23. The Hall–Kier alpha value is -0.0500. The molecule has 71 valence electrons. The molecule has 0 aliphatic rings. The van der Waals surface area contributed by atoms with Crippen LogP contribution in [0.4, 0.5) is 8.78 Å². The lowest BCUT2D eigenvalue weighted by Gasteiger charge is -1.97. The molecular weight excluding hydrogens is 178 g/mol. The number of hydrogen-bond donors (Lipinski definition) is 0. The van der Waals surface area contributed by atoms with Crippen LogP contribution < -0.4 is 0 Å². The molecule has 12 heavy (non-hydrogen) atoms. The van der Waals surface area contributed by atoms with Crippen molar-refractivity contribution in [1.29, 1.82) is 0 Å². The molecule has 0 atom stereocenters. The second kappa shape index (κ2) is 9.04. The van der Waals surface area contributed by atoms with Crippen molar-refractivity contribution in [3.8, 4) is 0 Å². The first-order chi connectivity index (χ1) is 5.77. The van der Waals surface area contributed by atoms with Crippen molar-refractivity contribution in [3.63, 3.8) is 0 Å². The van der Waals surface area contributed by atoms with Crippen molar-refractivity contribution in [3.05, 3.63) is 19.1 Å². The van der Waals surface area contributed by atoms with Gasteiger partial charge in [0.2, 0.25) is 0 Å². The Morgan fingerprint density at radius 1 is 1.25 bits per heavy atom. The molecule has 0 rings (SSSR count). The molecule has 0 heterocycles. The quantitative estimate of drug-likeness (QED) is 0.553. The Balaban J connectivity index is 2.96. The predicted molar refractivity (Wildman–Crippen MR) is 51.4 cm³/mol. The van der Waals surface area contributed by atoms with Gasteiger partial charge in [0, 0.05) is 0 Å². The van der Waals surface area contributed by atoms with E-state index >= 15 is 0 Å². The van der Waals surface area contributed by atoms with Crippen LogP contribution in [0.2, 0.25) is 0 Å². The van der Waals surface area contributed by atoms with Crippen LogP contribution in [-0.2, 0) is 0 Å². The van der Waals surface area contributed by atoms with Gasteiger partial charge in [-0.15, -0.1) is 0 Å². The van der Waals surface area contributed by atoms with E-state index in [1.807, 2.05) is 11.8 Å². The fourth-order valence-electron chi connectivity index (χ4n) is 0.764. The molecule has 0 aromatic heterocycles. The zero-order valence-electron chi connectivity index (χ0n) is 7.19. The van der Waals surface area contributed by atoms with Crippen molar-refractivity contribution in [2.24, 2.45) is 0 Å². The van der Waals surface area contributed by atoms with Crippen molar-refractivity contribution in [2.75, 3.05) is 11.5 Å². The molecule has 0 saturated carbocycles. The fourth-order valence-corrected chi connectivity index (χ4v) is 1.58. The Morgan fingerprint density at radius 3 is 2.58 bits per heavy atom. The van der Waals surface area contributed by atoms with Crippen LogP contribution in [0.15, 0.2) is 12.2 Å². The van der Waals surface area contributed by atoms with Crippen molar-refractivity contribution < 1.29 is 8.78 Å². The van der Waals surface area contributed by atoms with E-state index in [4.69, 9.17) is 0 Å². The van der Waals surface area contributed by atoms with Crippen molar-refractivity contribution >= 4 is 11.8 Å². The Morgan fingerprint density at radius 2 is 2.00 bits per heavy atom. The third kappa shape index (κ3) is 9.95. The number of hydrogen-bond acceptors (Lipinski definition) is 1. The van der Waals surface area contributed by atoms with E-state index in [-0.39, 0.29) is 0 Å². The van der Waals surface area contributed by atoms with Crippen LogP contribution in [0.1, 0.15) is 25.7 Å². The van der Waals surface area contributed by atoms with Crippen molar-refractivity contribution in [2.45, 2.75) is 25.7 Å². The van der Waals surface area contributed by atoms with Gasteiger partial charge in [-0.1, -0.05) is 6.92 Å². The smallest absolute Gasteiger partial charge is 0.174 e. The summed E-state index contributed by atoms with van der Waals surface area (Å²) in [6.45, 7) is 3.71. The normalized spacial score (nSPS) is 9.92. The lowest BCUT2D eigenvalue weighted by atomic mass is 10.2. The molecule has 0 aromatic rings. The summed E-state index contributed by atoms with van der Waals surface area (Å²) in [6.07, 6.45) is 2.78. The van der Waals surface area contributed by atoms with E-state index in [0.717, 1.165) is 36.8 Å². The van der Waals surface area contributed by atoms with Gasteiger partial charge in [0.15, 0.2) is 0 Å². The van der Waals surface area contributed by atoms with E-state index < -0.39 is 6.08 Å². The summed E-state index contributed by atoms with van der Waals surface area (Å²) in [5.41, 5.74) is 0. The van der Waals surface area contributed by atoms with Crippen molar-refractivity contribution in [1.82, 2.24) is 0 Å². The fraction of sp³-hybridized carbons (Fsp3) is 0.667. The second-order valence-corrected chi connectivity index (χ2v) is 3.68. The van der Waals surface area contributed by atoms with Gasteiger partial charge in [0.1, 0.15) is 0 Å². The first-order valence-corrected chi connectivity index (χ1v) is 5.31. The molecule has 0 spiro atoms. The Kier molecular flexibility index (Phi) is 9.00. The number of halogens is 2. The highest BCUT2D eigenvalue weighted by Crippen LogP contribution is 2.09. The number of allylic oxidation sites excluding steroid dienone is 1. The monoisotopic (exact) mass is 193 g/mol. The van der Waals surface area contributed by atoms with Gasteiger partial charge in [-0.2, -0.15) is 20.5 Å². The second-order valence-electron chi connectivity index (χ2n) is 2.46. The average molecular weight is 193 g/mol. The van der Waals surface area contributed by atoms with E-state index in [9.17, 15) is 8.78 Å². The van der Waals surface area contributed by atoms with Gasteiger partial charge in [-0.05, 0) is 43.3 Å². The molecule has 0 unspecified atom stereocenters. The highest BCUT2D eigenvalue weighted by atomic mass is 32.2. The zero-order valence-corrected chi connectivity index (χ0v) is 8.01. The molecular formula is C9H15F2S. The molecule has 0 N–H and O–H groups in total. The number of unbranched alkanes of at least 4 members (excludes halogenated alkanes) is 2. The van der Waals surface area contributed by atoms with Gasteiger partial charge in [0.05, 0.1) is 0 Å². The van der Waals surface area contributed by atoms with E-state index in [0.29, 0.717) is 6.42 Å². The predicted octanol–water partition coefficient (Wildman–Crippen LogP) is 3.89. The van der Waals surface area contributed by atoms with Gasteiger partial charge < -0.3 is 0 Å². The largest absolute Gasteiger partial charge is 0.266 e. The maximum Gasteiger partial charge on any atom is 0.266 e. The van der Waals surface area contributed by atoms with E-state index in [1.54, 1.807) is 0 Å². The van der Waals surface area contributed by atoms with E-state index in [1.165, 1.54) is 0 Å².